The van der Waals surface area contributed by atoms with Crippen LogP contribution in [0.1, 0.15) is 44.2 Å². The van der Waals surface area contributed by atoms with Gasteiger partial charge < -0.3 is 10.6 Å². The van der Waals surface area contributed by atoms with Crippen molar-refractivity contribution < 1.29 is 14.5 Å². The van der Waals surface area contributed by atoms with Crippen LogP contribution in [0.3, 0.4) is 0 Å². The van der Waals surface area contributed by atoms with Crippen molar-refractivity contribution in [3.63, 3.8) is 0 Å². The lowest BCUT2D eigenvalue weighted by atomic mass is 9.94. The zero-order valence-electron chi connectivity index (χ0n) is 18.6. The van der Waals surface area contributed by atoms with Gasteiger partial charge in [0.15, 0.2) is 0 Å². The molecule has 8 nitrogen and oxygen atoms in total. The number of hydrogen-bond acceptors (Lipinski definition) is 5. The van der Waals surface area contributed by atoms with Crippen LogP contribution in [0.15, 0.2) is 48.5 Å². The van der Waals surface area contributed by atoms with Gasteiger partial charge in [0.05, 0.1) is 4.92 Å². The molecular formula is C24H29ClN4O4. The molecule has 0 spiro atoms. The van der Waals surface area contributed by atoms with Crippen LogP contribution in [0.2, 0.25) is 5.02 Å². The highest BCUT2D eigenvalue weighted by molar-refractivity contribution is 6.32. The molecule has 1 saturated heterocycles. The maximum absolute atomic E-state index is 13.4. The third-order valence-electron chi connectivity index (χ3n) is 5.75. The molecule has 2 aromatic rings. The van der Waals surface area contributed by atoms with Crippen LogP contribution >= 0.6 is 11.6 Å². The highest BCUT2D eigenvalue weighted by atomic mass is 35.5. The highest BCUT2D eigenvalue weighted by Crippen LogP contribution is 2.31. The van der Waals surface area contributed by atoms with Gasteiger partial charge in [-0.05, 0) is 49.4 Å². The maximum atomic E-state index is 13.4. The molecular weight excluding hydrogens is 444 g/mol. The van der Waals surface area contributed by atoms with Crippen molar-refractivity contribution in [3.8, 4) is 0 Å². The number of hydrogen-bond donors (Lipinski definition) is 2. The van der Waals surface area contributed by atoms with E-state index in [1.165, 1.54) is 12.1 Å². The Bertz CT molecular complexity index is 986. The van der Waals surface area contributed by atoms with Crippen LogP contribution in [0.4, 0.5) is 11.4 Å². The molecule has 2 amide bonds. The molecule has 0 aliphatic carbocycles. The van der Waals surface area contributed by atoms with E-state index in [-0.39, 0.29) is 28.4 Å². The number of rotatable bonds is 9. The fraction of sp³-hybridized carbons (Fsp3) is 0.417. The SMILES string of the molecule is CCCC(=O)NCC1CCCN(C(C(=O)Nc2ccc(Cl)c([N+](=O)[O-])c2)c2ccccc2)C1. The third kappa shape index (κ3) is 6.76. The summed E-state index contributed by atoms with van der Waals surface area (Å²) < 4.78 is 0. The molecule has 9 heteroatoms. The number of piperidine rings is 1. The number of amides is 2. The largest absolute Gasteiger partial charge is 0.356 e. The van der Waals surface area contributed by atoms with Gasteiger partial charge in [0.1, 0.15) is 11.1 Å². The number of likely N-dealkylation sites (tertiary alicyclic amines) is 1. The number of carbonyl (C=O) groups is 2. The normalized spacial score (nSPS) is 17.2. The zero-order chi connectivity index (χ0) is 23.8. The van der Waals surface area contributed by atoms with E-state index >= 15 is 0 Å². The summed E-state index contributed by atoms with van der Waals surface area (Å²) >= 11 is 5.90. The highest BCUT2D eigenvalue weighted by Gasteiger charge is 2.32. The van der Waals surface area contributed by atoms with Gasteiger partial charge in [-0.1, -0.05) is 48.9 Å². The summed E-state index contributed by atoms with van der Waals surface area (Å²) in [5.41, 5.74) is 0.901. The molecule has 33 heavy (non-hydrogen) atoms. The number of nitro groups is 1. The Labute approximate surface area is 198 Å². The molecule has 2 aromatic carbocycles. The third-order valence-corrected chi connectivity index (χ3v) is 6.07. The molecule has 1 aliphatic heterocycles. The van der Waals surface area contributed by atoms with Crippen molar-refractivity contribution in [1.29, 1.82) is 0 Å². The van der Waals surface area contributed by atoms with E-state index < -0.39 is 11.0 Å². The Balaban J connectivity index is 1.78. The summed E-state index contributed by atoms with van der Waals surface area (Å²) in [7, 11) is 0. The maximum Gasteiger partial charge on any atom is 0.289 e. The number of nitrogens with zero attached hydrogens (tertiary/aromatic N) is 2. The first-order chi connectivity index (χ1) is 15.9. The van der Waals surface area contributed by atoms with E-state index in [9.17, 15) is 19.7 Å². The predicted molar refractivity (Wildman–Crippen MR) is 128 cm³/mol. The van der Waals surface area contributed by atoms with Crippen molar-refractivity contribution in [2.24, 2.45) is 5.92 Å². The Kier molecular flexibility index (Phi) is 8.79. The minimum Gasteiger partial charge on any atom is -0.356 e. The minimum atomic E-state index is -0.575. The van der Waals surface area contributed by atoms with Crippen molar-refractivity contribution in [1.82, 2.24) is 10.2 Å². The van der Waals surface area contributed by atoms with Gasteiger partial charge in [0.2, 0.25) is 11.8 Å². The number of benzene rings is 2. The Morgan fingerprint density at radius 3 is 2.70 bits per heavy atom. The molecule has 2 atom stereocenters. The second-order valence-corrected chi connectivity index (χ2v) is 8.69. The summed E-state index contributed by atoms with van der Waals surface area (Å²) in [5.74, 6) is 0.0278. The van der Waals surface area contributed by atoms with Crippen molar-refractivity contribution >= 4 is 34.8 Å². The van der Waals surface area contributed by atoms with Crippen LogP contribution in [-0.4, -0.2) is 41.3 Å². The number of nitro benzene ring substituents is 1. The van der Waals surface area contributed by atoms with Crippen LogP contribution < -0.4 is 10.6 Å². The standard InChI is InChI=1S/C24H29ClN4O4/c1-2-7-22(30)26-15-17-8-6-13-28(16-17)23(18-9-4-3-5-10-18)24(31)27-19-11-12-20(25)21(14-19)29(32)33/h3-5,9-12,14,17,23H,2,6-8,13,15-16H2,1H3,(H,26,30)(H,27,31). The second-order valence-electron chi connectivity index (χ2n) is 8.28. The first-order valence-corrected chi connectivity index (χ1v) is 11.6. The van der Waals surface area contributed by atoms with Crippen LogP contribution in [0, 0.1) is 16.0 Å². The van der Waals surface area contributed by atoms with Gasteiger partial charge in [-0.2, -0.15) is 0 Å². The first-order valence-electron chi connectivity index (χ1n) is 11.2. The zero-order valence-corrected chi connectivity index (χ0v) is 19.4. The van der Waals surface area contributed by atoms with Crippen molar-refractivity contribution in [2.75, 3.05) is 25.0 Å². The molecule has 0 bridgehead atoms. The molecule has 1 heterocycles. The van der Waals surface area contributed by atoms with E-state index in [1.807, 2.05) is 37.3 Å². The molecule has 176 valence electrons. The number of nitrogens with one attached hydrogen (secondary N) is 2. The Morgan fingerprint density at radius 2 is 2.00 bits per heavy atom. The Morgan fingerprint density at radius 1 is 1.24 bits per heavy atom. The van der Waals surface area contributed by atoms with E-state index in [0.717, 1.165) is 31.4 Å². The lowest BCUT2D eigenvalue weighted by molar-refractivity contribution is -0.384. The summed E-state index contributed by atoms with van der Waals surface area (Å²) in [6, 6.07) is 13.1. The van der Waals surface area contributed by atoms with Gasteiger partial charge in [-0.3, -0.25) is 24.6 Å². The van der Waals surface area contributed by atoms with Crippen molar-refractivity contribution in [2.45, 2.75) is 38.6 Å². The van der Waals surface area contributed by atoms with Gasteiger partial charge in [-0.15, -0.1) is 0 Å². The Hall–Kier alpha value is -2.97. The number of anilines is 1. The van der Waals surface area contributed by atoms with Gasteiger partial charge >= 0.3 is 0 Å². The fourth-order valence-electron chi connectivity index (χ4n) is 4.18. The average molecular weight is 473 g/mol. The summed E-state index contributed by atoms with van der Waals surface area (Å²) in [6.07, 6.45) is 3.22. The van der Waals surface area contributed by atoms with E-state index in [0.29, 0.717) is 25.2 Å². The molecule has 1 fully saturated rings. The molecule has 0 aromatic heterocycles. The van der Waals surface area contributed by atoms with Gasteiger partial charge in [0, 0.05) is 31.3 Å². The lowest BCUT2D eigenvalue weighted by Gasteiger charge is -2.37. The summed E-state index contributed by atoms with van der Waals surface area (Å²) in [5, 5.41) is 17.1. The molecule has 0 saturated carbocycles. The van der Waals surface area contributed by atoms with Gasteiger partial charge in [0.25, 0.3) is 5.69 Å². The quantitative estimate of drug-likeness (QED) is 0.411. The summed E-state index contributed by atoms with van der Waals surface area (Å²) in [4.78, 5) is 38.1. The monoisotopic (exact) mass is 472 g/mol. The van der Waals surface area contributed by atoms with E-state index in [2.05, 4.69) is 15.5 Å². The van der Waals surface area contributed by atoms with E-state index in [4.69, 9.17) is 11.6 Å². The van der Waals surface area contributed by atoms with Crippen LogP contribution in [0.25, 0.3) is 0 Å². The topological polar surface area (TPSA) is 105 Å². The molecule has 2 unspecified atom stereocenters. The first kappa shape index (κ1) is 24.7. The van der Waals surface area contributed by atoms with Crippen molar-refractivity contribution in [3.05, 3.63) is 69.2 Å². The molecule has 2 N–H and O–H groups in total. The molecule has 1 aliphatic rings. The molecule has 3 rings (SSSR count). The van der Waals surface area contributed by atoms with Crippen LogP contribution in [-0.2, 0) is 9.59 Å². The summed E-state index contributed by atoms with van der Waals surface area (Å²) in [6.45, 7) is 3.97. The second kappa shape index (κ2) is 11.8. The van der Waals surface area contributed by atoms with Gasteiger partial charge in [-0.25, -0.2) is 0 Å². The predicted octanol–water partition coefficient (Wildman–Crippen LogP) is 4.56. The number of halogens is 1. The van der Waals surface area contributed by atoms with Crippen LogP contribution in [0.5, 0.6) is 0 Å². The fourth-order valence-corrected chi connectivity index (χ4v) is 4.36. The average Bonchev–Trinajstić information content (AvgIpc) is 2.80. The minimum absolute atomic E-state index is 0.0154. The number of carbonyl (C=O) groups excluding carboxylic acids is 2. The lowest BCUT2D eigenvalue weighted by Crippen LogP contribution is -2.45. The smallest absolute Gasteiger partial charge is 0.289 e. The van der Waals surface area contributed by atoms with E-state index in [1.54, 1.807) is 6.07 Å². The molecule has 0 radical (unpaired) electrons.